The maximum absolute atomic E-state index is 11.4. The lowest BCUT2D eigenvalue weighted by atomic mass is 10.5. The van der Waals surface area contributed by atoms with Crippen molar-refractivity contribution >= 4 is 22.4 Å². The first-order chi connectivity index (χ1) is 6.59. The lowest BCUT2D eigenvalue weighted by Crippen LogP contribution is -2.30. The van der Waals surface area contributed by atoms with Crippen LogP contribution in [-0.2, 0) is 0 Å². The lowest BCUT2D eigenvalue weighted by molar-refractivity contribution is 0.0955. The highest BCUT2D eigenvalue weighted by atomic mass is 32.1. The van der Waals surface area contributed by atoms with E-state index in [1.54, 1.807) is 0 Å². The number of hydrogen-bond acceptors (Lipinski definition) is 5. The number of anilines is 1. The van der Waals surface area contributed by atoms with Crippen LogP contribution in [-0.4, -0.2) is 43.0 Å². The average molecular weight is 214 g/mol. The van der Waals surface area contributed by atoms with Gasteiger partial charge in [-0.25, -0.2) is 4.98 Å². The number of rotatable bonds is 4. The number of nitrogens with one attached hydrogen (secondary N) is 1. The molecule has 0 aliphatic heterocycles. The van der Waals surface area contributed by atoms with Crippen LogP contribution in [0, 0.1) is 0 Å². The molecule has 1 heterocycles. The minimum atomic E-state index is -0.110. The number of nitrogens with zero attached hydrogens (tertiary/aromatic N) is 2. The van der Waals surface area contributed by atoms with Gasteiger partial charge in [0.1, 0.15) is 4.88 Å². The Labute approximate surface area is 86.9 Å². The van der Waals surface area contributed by atoms with Crippen molar-refractivity contribution in [1.82, 2.24) is 15.2 Å². The van der Waals surface area contributed by atoms with E-state index in [0.29, 0.717) is 16.6 Å². The number of nitrogen functional groups attached to an aromatic ring is 1. The number of nitrogens with two attached hydrogens (primary N) is 1. The van der Waals surface area contributed by atoms with E-state index in [-0.39, 0.29) is 5.91 Å². The third-order valence-electron chi connectivity index (χ3n) is 1.59. The Balaban J connectivity index is 2.36. The van der Waals surface area contributed by atoms with Gasteiger partial charge in [-0.3, -0.25) is 4.79 Å². The Bertz CT molecular complexity index is 310. The highest BCUT2D eigenvalue weighted by Crippen LogP contribution is 2.13. The summed E-state index contributed by atoms with van der Waals surface area (Å²) in [4.78, 5) is 17.8. The molecule has 1 aromatic heterocycles. The zero-order valence-electron chi connectivity index (χ0n) is 8.28. The van der Waals surface area contributed by atoms with Crippen LogP contribution in [0.15, 0.2) is 6.20 Å². The van der Waals surface area contributed by atoms with Gasteiger partial charge in [-0.05, 0) is 14.1 Å². The van der Waals surface area contributed by atoms with Gasteiger partial charge in [0.2, 0.25) is 0 Å². The molecular formula is C8H14N4OS. The van der Waals surface area contributed by atoms with Crippen LogP contribution in [0.5, 0.6) is 0 Å². The van der Waals surface area contributed by atoms with Crippen LogP contribution < -0.4 is 11.1 Å². The Hall–Kier alpha value is -1.14. The molecule has 5 nitrogen and oxygen atoms in total. The second-order valence-electron chi connectivity index (χ2n) is 3.12. The van der Waals surface area contributed by atoms with Crippen molar-refractivity contribution in [3.63, 3.8) is 0 Å². The summed E-state index contributed by atoms with van der Waals surface area (Å²) in [5, 5.41) is 3.20. The van der Waals surface area contributed by atoms with Crippen LogP contribution in [0.3, 0.4) is 0 Å². The van der Waals surface area contributed by atoms with Crippen molar-refractivity contribution in [1.29, 1.82) is 0 Å². The predicted octanol–water partition coefficient (Wildman–Crippen LogP) is 0.0167. The normalized spacial score (nSPS) is 10.5. The maximum Gasteiger partial charge on any atom is 0.263 e. The SMILES string of the molecule is CN(C)CCNC(=O)c1cnc(N)s1. The van der Waals surface area contributed by atoms with Crippen LogP contribution >= 0.6 is 11.3 Å². The molecule has 0 radical (unpaired) electrons. The molecule has 3 N–H and O–H groups in total. The number of carbonyl (C=O) groups excluding carboxylic acids is 1. The first kappa shape index (κ1) is 10.9. The molecule has 78 valence electrons. The molecule has 0 saturated carbocycles. The topological polar surface area (TPSA) is 71.2 Å². The Morgan fingerprint density at radius 1 is 1.71 bits per heavy atom. The summed E-state index contributed by atoms with van der Waals surface area (Å²) >= 11 is 1.20. The molecule has 0 aliphatic rings. The summed E-state index contributed by atoms with van der Waals surface area (Å²) in [5.41, 5.74) is 5.41. The monoisotopic (exact) mass is 214 g/mol. The van der Waals surface area contributed by atoms with Crippen molar-refractivity contribution < 1.29 is 4.79 Å². The van der Waals surface area contributed by atoms with Crippen LogP contribution in [0.4, 0.5) is 5.13 Å². The zero-order chi connectivity index (χ0) is 10.6. The summed E-state index contributed by atoms with van der Waals surface area (Å²) in [7, 11) is 3.91. The van der Waals surface area contributed by atoms with Gasteiger partial charge in [0.05, 0.1) is 6.20 Å². The van der Waals surface area contributed by atoms with Crippen LogP contribution in [0.25, 0.3) is 0 Å². The minimum absolute atomic E-state index is 0.110. The standard InChI is InChI=1S/C8H14N4OS/c1-12(2)4-3-10-7(13)6-5-11-8(9)14-6/h5H,3-4H2,1-2H3,(H2,9,11)(H,10,13). The van der Waals surface area contributed by atoms with E-state index in [9.17, 15) is 4.79 Å². The quantitative estimate of drug-likeness (QED) is 0.741. The van der Waals surface area contributed by atoms with Crippen molar-refractivity contribution in [2.24, 2.45) is 0 Å². The Morgan fingerprint density at radius 2 is 2.43 bits per heavy atom. The number of amides is 1. The minimum Gasteiger partial charge on any atom is -0.375 e. The maximum atomic E-state index is 11.4. The van der Waals surface area contributed by atoms with Crippen LogP contribution in [0.2, 0.25) is 0 Å². The first-order valence-electron chi connectivity index (χ1n) is 4.24. The van der Waals surface area contributed by atoms with Gasteiger partial charge in [-0.15, -0.1) is 0 Å². The van der Waals surface area contributed by atoms with Gasteiger partial charge in [0, 0.05) is 13.1 Å². The molecule has 6 heteroatoms. The van der Waals surface area contributed by atoms with Gasteiger partial charge < -0.3 is 16.0 Å². The molecule has 0 aromatic carbocycles. The zero-order valence-corrected chi connectivity index (χ0v) is 9.10. The predicted molar refractivity (Wildman–Crippen MR) is 57.4 cm³/mol. The summed E-state index contributed by atoms with van der Waals surface area (Å²) in [6, 6.07) is 0. The van der Waals surface area contributed by atoms with Crippen molar-refractivity contribution in [3.05, 3.63) is 11.1 Å². The lowest BCUT2D eigenvalue weighted by Gasteiger charge is -2.09. The molecular weight excluding hydrogens is 200 g/mol. The molecule has 1 amide bonds. The molecule has 0 fully saturated rings. The Kier molecular flexibility index (Phi) is 3.84. The first-order valence-corrected chi connectivity index (χ1v) is 5.05. The van der Waals surface area contributed by atoms with E-state index in [2.05, 4.69) is 10.3 Å². The van der Waals surface area contributed by atoms with Crippen LogP contribution in [0.1, 0.15) is 9.67 Å². The molecule has 0 aliphatic carbocycles. The summed E-state index contributed by atoms with van der Waals surface area (Å²) in [5.74, 6) is -0.110. The third kappa shape index (κ3) is 3.31. The van der Waals surface area contributed by atoms with Crippen molar-refractivity contribution in [2.75, 3.05) is 32.9 Å². The van der Waals surface area contributed by atoms with Crippen molar-refractivity contribution in [3.8, 4) is 0 Å². The second kappa shape index (κ2) is 4.92. The average Bonchev–Trinajstić information content (AvgIpc) is 2.51. The highest BCUT2D eigenvalue weighted by Gasteiger charge is 2.07. The number of likely N-dealkylation sites (N-methyl/N-ethyl adjacent to an activating group) is 1. The van der Waals surface area contributed by atoms with E-state index in [4.69, 9.17) is 5.73 Å². The van der Waals surface area contributed by atoms with E-state index >= 15 is 0 Å². The number of aromatic nitrogens is 1. The number of hydrogen-bond donors (Lipinski definition) is 2. The summed E-state index contributed by atoms with van der Waals surface area (Å²) in [6.45, 7) is 1.45. The highest BCUT2D eigenvalue weighted by molar-refractivity contribution is 7.17. The molecule has 14 heavy (non-hydrogen) atoms. The van der Waals surface area contributed by atoms with E-state index in [1.807, 2.05) is 19.0 Å². The van der Waals surface area contributed by atoms with Gasteiger partial charge in [0.15, 0.2) is 5.13 Å². The molecule has 1 rings (SSSR count). The van der Waals surface area contributed by atoms with Gasteiger partial charge >= 0.3 is 0 Å². The Morgan fingerprint density at radius 3 is 2.93 bits per heavy atom. The van der Waals surface area contributed by atoms with Gasteiger partial charge in [-0.1, -0.05) is 11.3 Å². The van der Waals surface area contributed by atoms with E-state index in [0.717, 1.165) is 6.54 Å². The number of carbonyl (C=O) groups is 1. The fraction of sp³-hybridized carbons (Fsp3) is 0.500. The summed E-state index contributed by atoms with van der Waals surface area (Å²) in [6.07, 6.45) is 1.49. The smallest absolute Gasteiger partial charge is 0.263 e. The van der Waals surface area contributed by atoms with Crippen molar-refractivity contribution in [2.45, 2.75) is 0 Å². The van der Waals surface area contributed by atoms with Gasteiger partial charge in [-0.2, -0.15) is 0 Å². The summed E-state index contributed by atoms with van der Waals surface area (Å²) < 4.78 is 0. The molecule has 1 aromatic rings. The largest absolute Gasteiger partial charge is 0.375 e. The van der Waals surface area contributed by atoms with E-state index < -0.39 is 0 Å². The fourth-order valence-corrected chi connectivity index (χ4v) is 1.47. The van der Waals surface area contributed by atoms with Gasteiger partial charge in [0.25, 0.3) is 5.91 Å². The fourth-order valence-electron chi connectivity index (χ4n) is 0.873. The number of thiazole rings is 1. The molecule has 0 unspecified atom stereocenters. The molecule has 0 atom stereocenters. The van der Waals surface area contributed by atoms with E-state index in [1.165, 1.54) is 17.5 Å². The molecule has 0 bridgehead atoms. The molecule has 0 saturated heterocycles. The third-order valence-corrected chi connectivity index (χ3v) is 2.42. The molecule has 0 spiro atoms. The second-order valence-corrected chi connectivity index (χ2v) is 4.18.